The number of amides is 1. The lowest BCUT2D eigenvalue weighted by Crippen LogP contribution is -2.34. The van der Waals surface area contributed by atoms with Crippen LogP contribution in [0.5, 0.6) is 0 Å². The maximum absolute atomic E-state index is 13.1. The topological polar surface area (TPSA) is 64.6 Å². The standard InChI is InChI=1S/C14H15BrFNO4/c15-12-4-3-9(16)6-11(12)14(19)21-8-13(18)17-7-10-2-1-5-20-10/h3-4,6,10H,1-2,5,7-8H2,(H,17,18)/t10-/m0/s1. The highest BCUT2D eigenvalue weighted by molar-refractivity contribution is 9.10. The normalized spacial score (nSPS) is 17.5. The maximum Gasteiger partial charge on any atom is 0.339 e. The van der Waals surface area contributed by atoms with E-state index in [9.17, 15) is 14.0 Å². The first-order valence-electron chi connectivity index (χ1n) is 6.57. The van der Waals surface area contributed by atoms with Crippen LogP contribution in [0, 0.1) is 5.82 Å². The zero-order chi connectivity index (χ0) is 15.2. The van der Waals surface area contributed by atoms with Crippen LogP contribution < -0.4 is 5.32 Å². The molecular formula is C14H15BrFNO4. The van der Waals surface area contributed by atoms with Crippen molar-refractivity contribution < 1.29 is 23.5 Å². The average molecular weight is 360 g/mol. The molecule has 2 rings (SSSR count). The minimum atomic E-state index is -0.756. The molecule has 1 aromatic carbocycles. The van der Waals surface area contributed by atoms with Crippen LogP contribution in [-0.4, -0.2) is 37.7 Å². The molecule has 7 heteroatoms. The van der Waals surface area contributed by atoms with E-state index in [2.05, 4.69) is 21.2 Å². The number of ether oxygens (including phenoxy) is 2. The molecule has 21 heavy (non-hydrogen) atoms. The van der Waals surface area contributed by atoms with Gasteiger partial charge in [-0.15, -0.1) is 0 Å². The van der Waals surface area contributed by atoms with Crippen LogP contribution in [0.1, 0.15) is 23.2 Å². The van der Waals surface area contributed by atoms with Crippen molar-refractivity contribution in [3.63, 3.8) is 0 Å². The van der Waals surface area contributed by atoms with E-state index in [1.54, 1.807) is 0 Å². The lowest BCUT2D eigenvalue weighted by atomic mass is 10.2. The number of carbonyl (C=O) groups excluding carboxylic acids is 2. The van der Waals surface area contributed by atoms with Gasteiger partial charge in [-0.2, -0.15) is 0 Å². The van der Waals surface area contributed by atoms with Gasteiger partial charge < -0.3 is 14.8 Å². The number of esters is 1. The van der Waals surface area contributed by atoms with Crippen LogP contribution in [0.2, 0.25) is 0 Å². The highest BCUT2D eigenvalue weighted by atomic mass is 79.9. The van der Waals surface area contributed by atoms with Crippen molar-refractivity contribution in [2.75, 3.05) is 19.8 Å². The number of halogens is 2. The molecule has 1 heterocycles. The van der Waals surface area contributed by atoms with Gasteiger partial charge in [-0.3, -0.25) is 4.79 Å². The fourth-order valence-corrected chi connectivity index (χ4v) is 2.36. The van der Waals surface area contributed by atoms with Gasteiger partial charge in [0.1, 0.15) is 5.82 Å². The SMILES string of the molecule is O=C(COC(=O)c1cc(F)ccc1Br)NC[C@@H]1CCCO1. The molecule has 1 aliphatic rings. The zero-order valence-corrected chi connectivity index (χ0v) is 12.8. The van der Waals surface area contributed by atoms with Gasteiger partial charge in [-0.25, -0.2) is 9.18 Å². The molecule has 1 saturated heterocycles. The molecule has 0 radical (unpaired) electrons. The minimum absolute atomic E-state index is 0.0296. The Hall–Kier alpha value is -1.47. The van der Waals surface area contributed by atoms with Crippen molar-refractivity contribution in [2.45, 2.75) is 18.9 Å². The molecule has 114 valence electrons. The Labute approximate surface area is 129 Å². The summed E-state index contributed by atoms with van der Waals surface area (Å²) < 4.78 is 23.7. The van der Waals surface area contributed by atoms with Crippen molar-refractivity contribution in [3.05, 3.63) is 34.1 Å². The van der Waals surface area contributed by atoms with E-state index in [-0.39, 0.29) is 11.7 Å². The van der Waals surface area contributed by atoms with Crippen LogP contribution in [0.25, 0.3) is 0 Å². The summed E-state index contributed by atoms with van der Waals surface area (Å²) in [4.78, 5) is 23.3. The Morgan fingerprint density at radius 1 is 1.48 bits per heavy atom. The van der Waals surface area contributed by atoms with Gasteiger partial charge in [0.2, 0.25) is 0 Å². The zero-order valence-electron chi connectivity index (χ0n) is 11.2. The first kappa shape index (κ1) is 15.9. The van der Waals surface area contributed by atoms with Crippen molar-refractivity contribution in [1.29, 1.82) is 0 Å². The van der Waals surface area contributed by atoms with E-state index in [0.717, 1.165) is 18.9 Å². The quantitative estimate of drug-likeness (QED) is 0.817. The molecule has 1 atom stereocenters. The predicted octanol–water partition coefficient (Wildman–Crippen LogP) is 2.04. The highest BCUT2D eigenvalue weighted by Crippen LogP contribution is 2.18. The van der Waals surface area contributed by atoms with Crippen molar-refractivity contribution in [3.8, 4) is 0 Å². The lowest BCUT2D eigenvalue weighted by Gasteiger charge is -2.11. The molecule has 1 fully saturated rings. The van der Waals surface area contributed by atoms with E-state index < -0.39 is 24.3 Å². The van der Waals surface area contributed by atoms with Gasteiger partial charge in [0.25, 0.3) is 5.91 Å². The number of rotatable bonds is 5. The van der Waals surface area contributed by atoms with E-state index in [4.69, 9.17) is 9.47 Å². The second-order valence-electron chi connectivity index (χ2n) is 4.64. The van der Waals surface area contributed by atoms with E-state index in [0.29, 0.717) is 17.6 Å². The summed E-state index contributed by atoms with van der Waals surface area (Å²) in [5, 5.41) is 2.63. The van der Waals surface area contributed by atoms with Crippen molar-refractivity contribution in [1.82, 2.24) is 5.32 Å². The number of carbonyl (C=O) groups is 2. The molecular weight excluding hydrogens is 345 g/mol. The molecule has 0 aromatic heterocycles. The predicted molar refractivity (Wildman–Crippen MR) is 76.4 cm³/mol. The second-order valence-corrected chi connectivity index (χ2v) is 5.49. The summed E-state index contributed by atoms with van der Waals surface area (Å²) in [5.74, 6) is -1.71. The van der Waals surface area contributed by atoms with Crippen LogP contribution in [0.3, 0.4) is 0 Å². The summed E-state index contributed by atoms with van der Waals surface area (Å²) in [6.45, 7) is 0.706. The Bertz CT molecular complexity index is 532. The fourth-order valence-electron chi connectivity index (χ4n) is 1.95. The molecule has 0 unspecified atom stereocenters. The molecule has 0 saturated carbocycles. The first-order chi connectivity index (χ1) is 10.1. The van der Waals surface area contributed by atoms with Crippen LogP contribution in [0.15, 0.2) is 22.7 Å². The van der Waals surface area contributed by atoms with Crippen LogP contribution in [0.4, 0.5) is 4.39 Å². The lowest BCUT2D eigenvalue weighted by molar-refractivity contribution is -0.124. The molecule has 0 aliphatic carbocycles. The molecule has 1 aliphatic heterocycles. The van der Waals surface area contributed by atoms with Crippen molar-refractivity contribution >= 4 is 27.8 Å². The van der Waals surface area contributed by atoms with Crippen molar-refractivity contribution in [2.24, 2.45) is 0 Å². The molecule has 1 amide bonds. The largest absolute Gasteiger partial charge is 0.452 e. The summed E-state index contributed by atoms with van der Waals surface area (Å²) >= 11 is 3.13. The Morgan fingerprint density at radius 3 is 3.00 bits per heavy atom. The summed E-state index contributed by atoms with van der Waals surface area (Å²) in [7, 11) is 0. The van der Waals surface area contributed by atoms with E-state index >= 15 is 0 Å². The van der Waals surface area contributed by atoms with Gasteiger partial charge >= 0.3 is 5.97 Å². The second kappa shape index (κ2) is 7.51. The number of nitrogens with one attached hydrogen (secondary N) is 1. The molecule has 1 aromatic rings. The molecule has 0 spiro atoms. The van der Waals surface area contributed by atoms with E-state index in [1.807, 2.05) is 0 Å². The number of hydrogen-bond acceptors (Lipinski definition) is 4. The van der Waals surface area contributed by atoms with E-state index in [1.165, 1.54) is 12.1 Å². The third-order valence-corrected chi connectivity index (χ3v) is 3.73. The molecule has 5 nitrogen and oxygen atoms in total. The van der Waals surface area contributed by atoms with Crippen LogP contribution in [-0.2, 0) is 14.3 Å². The minimum Gasteiger partial charge on any atom is -0.452 e. The maximum atomic E-state index is 13.1. The highest BCUT2D eigenvalue weighted by Gasteiger charge is 2.17. The number of benzene rings is 1. The summed E-state index contributed by atoms with van der Waals surface area (Å²) in [5.41, 5.74) is 0.0435. The smallest absolute Gasteiger partial charge is 0.339 e. The van der Waals surface area contributed by atoms with Gasteiger partial charge in [0, 0.05) is 17.6 Å². The van der Waals surface area contributed by atoms with Crippen LogP contribution >= 0.6 is 15.9 Å². The molecule has 0 bridgehead atoms. The van der Waals surface area contributed by atoms with Gasteiger partial charge in [-0.05, 0) is 47.0 Å². The Kier molecular flexibility index (Phi) is 5.69. The first-order valence-corrected chi connectivity index (χ1v) is 7.36. The average Bonchev–Trinajstić information content (AvgIpc) is 2.98. The monoisotopic (exact) mass is 359 g/mol. The summed E-state index contributed by atoms with van der Waals surface area (Å²) in [6, 6.07) is 3.68. The fraction of sp³-hybridized carbons (Fsp3) is 0.429. The molecule has 1 N–H and O–H groups in total. The third kappa shape index (κ3) is 4.78. The van der Waals surface area contributed by atoms with Gasteiger partial charge in [-0.1, -0.05) is 0 Å². The number of hydrogen-bond donors (Lipinski definition) is 1. The van der Waals surface area contributed by atoms with Gasteiger partial charge in [0.05, 0.1) is 11.7 Å². The summed E-state index contributed by atoms with van der Waals surface area (Å²) in [6.07, 6.45) is 1.93. The Balaban J connectivity index is 1.77. The Morgan fingerprint density at radius 2 is 2.29 bits per heavy atom. The van der Waals surface area contributed by atoms with Gasteiger partial charge in [0.15, 0.2) is 6.61 Å². The third-order valence-electron chi connectivity index (χ3n) is 3.03.